The summed E-state index contributed by atoms with van der Waals surface area (Å²) in [6.45, 7) is 4.68. The molecule has 0 bridgehead atoms. The zero-order valence-corrected chi connectivity index (χ0v) is 13.4. The van der Waals surface area contributed by atoms with Gasteiger partial charge in [0.1, 0.15) is 5.03 Å². The molecule has 1 aliphatic rings. The van der Waals surface area contributed by atoms with Crippen LogP contribution in [0.25, 0.3) is 0 Å². The first-order valence-corrected chi connectivity index (χ1v) is 8.62. The first-order valence-electron chi connectivity index (χ1n) is 7.80. The summed E-state index contributed by atoms with van der Waals surface area (Å²) in [7, 11) is 0. The van der Waals surface area contributed by atoms with E-state index in [-0.39, 0.29) is 0 Å². The third kappa shape index (κ3) is 3.47. The second kappa shape index (κ2) is 7.10. The summed E-state index contributed by atoms with van der Waals surface area (Å²) < 4.78 is 0. The number of hydrogen-bond acceptors (Lipinski definition) is 3. The molecule has 2 aromatic rings. The van der Waals surface area contributed by atoms with E-state index in [0.29, 0.717) is 6.04 Å². The Morgan fingerprint density at radius 1 is 1.19 bits per heavy atom. The highest BCUT2D eigenvalue weighted by atomic mass is 32.2. The van der Waals surface area contributed by atoms with Crippen molar-refractivity contribution in [2.24, 2.45) is 0 Å². The highest BCUT2D eigenvalue weighted by Crippen LogP contribution is 2.38. The van der Waals surface area contributed by atoms with Crippen molar-refractivity contribution >= 4 is 11.8 Å². The van der Waals surface area contributed by atoms with Crippen molar-refractivity contribution in [1.29, 1.82) is 0 Å². The quantitative estimate of drug-likeness (QED) is 0.790. The Labute approximate surface area is 131 Å². The molecule has 3 heteroatoms. The molecule has 2 nitrogen and oxygen atoms in total. The molecule has 0 N–H and O–H groups in total. The molecule has 0 aliphatic carbocycles. The minimum Gasteiger partial charge on any atom is -0.296 e. The first-order chi connectivity index (χ1) is 10.4. The zero-order chi connectivity index (χ0) is 14.5. The lowest BCUT2D eigenvalue weighted by Crippen LogP contribution is -2.24. The second-order valence-electron chi connectivity index (χ2n) is 5.51. The molecule has 2 heterocycles. The van der Waals surface area contributed by atoms with E-state index in [0.717, 1.165) is 5.03 Å². The molecule has 1 aromatic heterocycles. The smallest absolute Gasteiger partial charge is 0.105 e. The molecule has 1 fully saturated rings. The van der Waals surface area contributed by atoms with Gasteiger partial charge >= 0.3 is 0 Å². The number of nitrogens with zero attached hydrogens (tertiary/aromatic N) is 2. The van der Waals surface area contributed by atoms with Crippen LogP contribution < -0.4 is 0 Å². The van der Waals surface area contributed by atoms with E-state index in [1.165, 1.54) is 42.8 Å². The number of likely N-dealkylation sites (tertiary alicyclic amines) is 1. The first kappa shape index (κ1) is 14.6. The summed E-state index contributed by atoms with van der Waals surface area (Å²) in [4.78, 5) is 8.53. The summed E-state index contributed by atoms with van der Waals surface area (Å²) in [5, 5.41) is 1.16. The lowest BCUT2D eigenvalue weighted by Gasteiger charge is -2.25. The summed E-state index contributed by atoms with van der Waals surface area (Å²) in [6, 6.07) is 15.4. The molecule has 1 aromatic carbocycles. The molecule has 0 amide bonds. The van der Waals surface area contributed by atoms with Crippen LogP contribution in [0.3, 0.4) is 0 Å². The Morgan fingerprint density at radius 2 is 2.05 bits per heavy atom. The largest absolute Gasteiger partial charge is 0.296 e. The topological polar surface area (TPSA) is 16.1 Å². The van der Waals surface area contributed by atoms with Crippen LogP contribution in [-0.2, 0) is 0 Å². The minimum atomic E-state index is 0.546. The van der Waals surface area contributed by atoms with Crippen LogP contribution in [0, 0.1) is 0 Å². The maximum absolute atomic E-state index is 4.65. The van der Waals surface area contributed by atoms with E-state index in [1.54, 1.807) is 11.8 Å². The van der Waals surface area contributed by atoms with Crippen LogP contribution in [-0.4, -0.2) is 23.0 Å². The molecule has 3 rings (SSSR count). The van der Waals surface area contributed by atoms with Gasteiger partial charge < -0.3 is 0 Å². The fourth-order valence-electron chi connectivity index (χ4n) is 3.08. The second-order valence-corrected chi connectivity index (χ2v) is 6.57. The van der Waals surface area contributed by atoms with Crippen LogP contribution in [0.5, 0.6) is 0 Å². The lowest BCUT2D eigenvalue weighted by molar-refractivity contribution is 0.254. The van der Waals surface area contributed by atoms with Gasteiger partial charge in [-0.1, -0.05) is 43.0 Å². The average Bonchev–Trinajstić information content (AvgIpc) is 2.97. The Morgan fingerprint density at radius 3 is 2.86 bits per heavy atom. The van der Waals surface area contributed by atoms with Crippen molar-refractivity contribution in [3.63, 3.8) is 0 Å². The van der Waals surface area contributed by atoms with Gasteiger partial charge in [0.05, 0.1) is 0 Å². The molecule has 1 saturated heterocycles. The highest BCUT2D eigenvalue weighted by molar-refractivity contribution is 7.99. The monoisotopic (exact) mass is 298 g/mol. The number of benzene rings is 1. The van der Waals surface area contributed by atoms with Gasteiger partial charge in [-0.25, -0.2) is 4.98 Å². The Balaban J connectivity index is 1.85. The Bertz CT molecular complexity index is 570. The molecule has 1 atom stereocenters. The number of hydrogen-bond donors (Lipinski definition) is 0. The molecular weight excluding hydrogens is 276 g/mol. The van der Waals surface area contributed by atoms with E-state index in [9.17, 15) is 0 Å². The molecule has 0 spiro atoms. The predicted molar refractivity (Wildman–Crippen MR) is 88.6 cm³/mol. The third-order valence-corrected chi connectivity index (χ3v) is 5.03. The Kier molecular flexibility index (Phi) is 4.94. The third-order valence-electron chi connectivity index (χ3n) is 3.99. The van der Waals surface area contributed by atoms with Crippen molar-refractivity contribution in [3.8, 4) is 0 Å². The highest BCUT2D eigenvalue weighted by Gasteiger charge is 2.27. The summed E-state index contributed by atoms with van der Waals surface area (Å²) >= 11 is 1.78. The maximum atomic E-state index is 4.65. The van der Waals surface area contributed by atoms with E-state index >= 15 is 0 Å². The fourth-order valence-corrected chi connectivity index (χ4v) is 4.03. The van der Waals surface area contributed by atoms with E-state index < -0.39 is 0 Å². The van der Waals surface area contributed by atoms with Crippen LogP contribution in [0.4, 0.5) is 0 Å². The van der Waals surface area contributed by atoms with Gasteiger partial charge in [0.25, 0.3) is 0 Å². The maximum Gasteiger partial charge on any atom is 0.105 e. The number of pyridine rings is 1. The van der Waals surface area contributed by atoms with Crippen molar-refractivity contribution in [2.45, 2.75) is 42.1 Å². The van der Waals surface area contributed by atoms with Gasteiger partial charge in [-0.3, -0.25) is 4.90 Å². The minimum absolute atomic E-state index is 0.546. The van der Waals surface area contributed by atoms with Gasteiger partial charge in [0.2, 0.25) is 0 Å². The Hall–Kier alpha value is -1.32. The SMILES string of the molecule is CCCN1CCC[C@H]1c1cccnc1Sc1ccccc1. The van der Waals surface area contributed by atoms with Crippen molar-refractivity contribution < 1.29 is 0 Å². The van der Waals surface area contributed by atoms with Crippen molar-refractivity contribution in [3.05, 3.63) is 54.2 Å². The van der Waals surface area contributed by atoms with Crippen LogP contribution in [0.15, 0.2) is 58.6 Å². The standard InChI is InChI=1S/C18H22N2S/c1-2-13-20-14-7-11-17(20)16-10-6-12-19-18(16)21-15-8-4-3-5-9-15/h3-6,8-10,12,17H,2,7,11,13-14H2,1H3/t17-/m0/s1. The predicted octanol–water partition coefficient (Wildman–Crippen LogP) is 4.78. The molecule has 0 radical (unpaired) electrons. The molecule has 110 valence electrons. The van der Waals surface area contributed by atoms with Gasteiger partial charge in [-0.15, -0.1) is 0 Å². The summed E-state index contributed by atoms with van der Waals surface area (Å²) in [6.07, 6.45) is 5.69. The summed E-state index contributed by atoms with van der Waals surface area (Å²) in [5.74, 6) is 0. The number of rotatable bonds is 5. The molecular formula is C18H22N2S. The van der Waals surface area contributed by atoms with Crippen molar-refractivity contribution in [2.75, 3.05) is 13.1 Å². The van der Waals surface area contributed by atoms with Gasteiger partial charge in [0.15, 0.2) is 0 Å². The average molecular weight is 298 g/mol. The van der Waals surface area contributed by atoms with Gasteiger partial charge in [0, 0.05) is 22.7 Å². The zero-order valence-electron chi connectivity index (χ0n) is 12.5. The summed E-state index contributed by atoms with van der Waals surface area (Å²) in [5.41, 5.74) is 1.40. The van der Waals surface area contributed by atoms with E-state index in [1.807, 2.05) is 6.20 Å². The van der Waals surface area contributed by atoms with E-state index in [2.05, 4.69) is 59.3 Å². The van der Waals surface area contributed by atoms with Crippen LogP contribution >= 0.6 is 11.8 Å². The normalized spacial score (nSPS) is 19.0. The van der Waals surface area contributed by atoms with E-state index in [4.69, 9.17) is 0 Å². The van der Waals surface area contributed by atoms with Crippen LogP contribution in [0.2, 0.25) is 0 Å². The number of aromatic nitrogens is 1. The van der Waals surface area contributed by atoms with Crippen LogP contribution in [0.1, 0.15) is 37.8 Å². The molecule has 0 saturated carbocycles. The van der Waals surface area contributed by atoms with Gasteiger partial charge in [-0.2, -0.15) is 0 Å². The molecule has 1 aliphatic heterocycles. The lowest BCUT2D eigenvalue weighted by atomic mass is 10.1. The molecule has 0 unspecified atom stereocenters. The van der Waals surface area contributed by atoms with Crippen molar-refractivity contribution in [1.82, 2.24) is 9.88 Å². The fraction of sp³-hybridized carbons (Fsp3) is 0.389. The van der Waals surface area contributed by atoms with Gasteiger partial charge in [-0.05, 0) is 50.6 Å². The molecule has 21 heavy (non-hydrogen) atoms.